The molecule has 3 N–H and O–H groups in total. The van der Waals surface area contributed by atoms with Gasteiger partial charge in [0.05, 0.1) is 17.6 Å². The molecule has 33 heavy (non-hydrogen) atoms. The monoisotopic (exact) mass is 455 g/mol. The summed E-state index contributed by atoms with van der Waals surface area (Å²) in [7, 11) is 0. The third kappa shape index (κ3) is 4.18. The molecule has 5 aromatic rings. The van der Waals surface area contributed by atoms with Crippen LogP contribution in [0.1, 0.15) is 28.6 Å². The molecular weight excluding hydrogens is 434 g/mol. The van der Waals surface area contributed by atoms with Crippen LogP contribution in [0.5, 0.6) is 0 Å². The highest BCUT2D eigenvalue weighted by atomic mass is 32.1. The van der Waals surface area contributed by atoms with Crippen molar-refractivity contribution in [3.8, 4) is 16.3 Å². The van der Waals surface area contributed by atoms with Gasteiger partial charge >= 0.3 is 0 Å². The lowest BCUT2D eigenvalue weighted by atomic mass is 10.1. The Balaban J connectivity index is 1.38. The Morgan fingerprint density at radius 1 is 1.12 bits per heavy atom. The topological polar surface area (TPSA) is 112 Å². The average molecular weight is 456 g/mol. The first kappa shape index (κ1) is 20.8. The Labute approximate surface area is 194 Å². The number of thiophene rings is 1. The summed E-state index contributed by atoms with van der Waals surface area (Å²) in [4.78, 5) is 27.4. The van der Waals surface area contributed by atoms with Gasteiger partial charge in [-0.3, -0.25) is 4.79 Å². The number of nitrogens with zero attached hydrogens (tertiary/aromatic N) is 5. The number of ketones is 1. The molecule has 0 aliphatic carbocycles. The molecule has 0 amide bonds. The number of Topliss-reactive ketones (excluding diaryl/α,β-unsaturated/α-hetero) is 1. The summed E-state index contributed by atoms with van der Waals surface area (Å²) in [5.74, 6) is 1.71. The van der Waals surface area contributed by atoms with Gasteiger partial charge in [0.25, 0.3) is 0 Å². The van der Waals surface area contributed by atoms with E-state index < -0.39 is 0 Å². The van der Waals surface area contributed by atoms with Gasteiger partial charge in [-0.25, -0.2) is 19.6 Å². The van der Waals surface area contributed by atoms with Crippen LogP contribution in [0.25, 0.3) is 27.2 Å². The quantitative estimate of drug-likeness (QED) is 0.341. The average Bonchev–Trinajstić information content (AvgIpc) is 3.50. The minimum atomic E-state index is 0.0301. The van der Waals surface area contributed by atoms with E-state index in [0.717, 1.165) is 26.2 Å². The van der Waals surface area contributed by atoms with E-state index in [2.05, 4.69) is 37.5 Å². The van der Waals surface area contributed by atoms with Crippen LogP contribution >= 0.6 is 11.3 Å². The molecule has 0 saturated carbocycles. The predicted molar refractivity (Wildman–Crippen MR) is 131 cm³/mol. The van der Waals surface area contributed by atoms with Crippen molar-refractivity contribution in [2.75, 3.05) is 11.1 Å². The summed E-state index contributed by atoms with van der Waals surface area (Å²) in [6, 6.07) is 15.7. The molecular formula is C24H21N7OS. The normalized spacial score (nSPS) is 11.1. The summed E-state index contributed by atoms with van der Waals surface area (Å²) >= 11 is 1.67. The maximum absolute atomic E-state index is 12.5. The number of hydrogen-bond donors (Lipinski definition) is 2. The highest BCUT2D eigenvalue weighted by molar-refractivity contribution is 7.15. The van der Waals surface area contributed by atoms with E-state index in [1.54, 1.807) is 28.4 Å². The van der Waals surface area contributed by atoms with Gasteiger partial charge in [-0.15, -0.1) is 16.4 Å². The smallest absolute Gasteiger partial charge is 0.167 e. The number of fused-ring (bicyclic) bond motifs is 1. The van der Waals surface area contributed by atoms with E-state index in [1.165, 1.54) is 6.33 Å². The first-order chi connectivity index (χ1) is 16.1. The second-order valence-corrected chi connectivity index (χ2v) is 8.58. The second kappa shape index (κ2) is 8.79. The highest BCUT2D eigenvalue weighted by Crippen LogP contribution is 2.31. The van der Waals surface area contributed by atoms with Crippen molar-refractivity contribution in [3.63, 3.8) is 0 Å². The molecule has 0 bridgehead atoms. The Hall–Kier alpha value is -4.11. The molecule has 0 fully saturated rings. The number of anilines is 2. The number of hydrogen-bond acceptors (Lipinski definition) is 8. The van der Waals surface area contributed by atoms with Crippen molar-refractivity contribution >= 4 is 39.7 Å². The van der Waals surface area contributed by atoms with Crippen molar-refractivity contribution in [2.24, 2.45) is 0 Å². The SMILES string of the molecule is CCC(=O)c1cn(-c2ccccn2)nc1NCc1ccc(-c2ccc3ncnc(N)c3c2)s1. The zero-order valence-corrected chi connectivity index (χ0v) is 18.7. The van der Waals surface area contributed by atoms with Crippen LogP contribution in [0.4, 0.5) is 11.6 Å². The van der Waals surface area contributed by atoms with Gasteiger partial charge in [0.15, 0.2) is 17.4 Å². The molecule has 8 nitrogen and oxygen atoms in total. The van der Waals surface area contributed by atoms with Gasteiger partial charge in [0.2, 0.25) is 0 Å². The Kier molecular flexibility index (Phi) is 5.54. The molecule has 0 radical (unpaired) electrons. The molecule has 4 aromatic heterocycles. The van der Waals surface area contributed by atoms with Crippen LogP contribution in [-0.4, -0.2) is 30.5 Å². The van der Waals surface area contributed by atoms with E-state index in [4.69, 9.17) is 5.73 Å². The molecule has 1 aromatic carbocycles. The van der Waals surface area contributed by atoms with Crippen LogP contribution < -0.4 is 11.1 Å². The maximum Gasteiger partial charge on any atom is 0.167 e. The number of nitrogens with one attached hydrogen (secondary N) is 1. The molecule has 0 aliphatic rings. The first-order valence-electron chi connectivity index (χ1n) is 10.5. The van der Waals surface area contributed by atoms with Crippen LogP contribution in [0, 0.1) is 0 Å². The summed E-state index contributed by atoms with van der Waals surface area (Å²) < 4.78 is 1.63. The molecule has 0 unspecified atom stereocenters. The van der Waals surface area contributed by atoms with Crippen molar-refractivity contribution in [1.29, 1.82) is 0 Å². The minimum Gasteiger partial charge on any atom is -0.383 e. The zero-order chi connectivity index (χ0) is 22.8. The number of nitrogens with two attached hydrogens (primary N) is 1. The molecule has 5 rings (SSSR count). The number of carbonyl (C=O) groups is 1. The highest BCUT2D eigenvalue weighted by Gasteiger charge is 2.16. The minimum absolute atomic E-state index is 0.0301. The number of rotatable bonds is 7. The Morgan fingerprint density at radius 2 is 2.03 bits per heavy atom. The van der Waals surface area contributed by atoms with Crippen molar-refractivity contribution in [2.45, 2.75) is 19.9 Å². The Bertz CT molecular complexity index is 1440. The van der Waals surface area contributed by atoms with Crippen LogP contribution in [0.3, 0.4) is 0 Å². The van der Waals surface area contributed by atoms with E-state index in [1.807, 2.05) is 43.3 Å². The molecule has 0 spiro atoms. The lowest BCUT2D eigenvalue weighted by molar-refractivity contribution is 0.0989. The third-order valence-electron chi connectivity index (χ3n) is 5.26. The molecule has 0 saturated heterocycles. The molecule has 0 aliphatic heterocycles. The summed E-state index contributed by atoms with van der Waals surface area (Å²) in [6.45, 7) is 2.39. The van der Waals surface area contributed by atoms with Gasteiger partial charge in [-0.2, -0.15) is 0 Å². The molecule has 9 heteroatoms. The number of benzene rings is 1. The van der Waals surface area contributed by atoms with Gasteiger partial charge in [-0.1, -0.05) is 19.1 Å². The third-order valence-corrected chi connectivity index (χ3v) is 6.40. The summed E-state index contributed by atoms with van der Waals surface area (Å²) in [5, 5.41) is 8.74. The van der Waals surface area contributed by atoms with E-state index >= 15 is 0 Å². The fourth-order valence-corrected chi connectivity index (χ4v) is 4.48. The van der Waals surface area contributed by atoms with Crippen LogP contribution in [-0.2, 0) is 6.54 Å². The predicted octanol–water partition coefficient (Wildman–Crippen LogP) is 4.73. The standard InChI is InChI=1S/C24H21N7OS/c1-2-20(32)18-13-31(22-5-3-4-10-26-22)30-24(18)27-12-16-7-9-21(33-16)15-6-8-19-17(11-15)23(25)29-14-28-19/h3-11,13-14H,2,12H2,1H3,(H,27,30)(H2,25,28,29). The summed E-state index contributed by atoms with van der Waals surface area (Å²) in [6.07, 6.45) is 5.31. The summed E-state index contributed by atoms with van der Waals surface area (Å²) in [5.41, 5.74) is 8.45. The Morgan fingerprint density at radius 3 is 2.85 bits per heavy atom. The number of pyridine rings is 1. The van der Waals surface area contributed by atoms with E-state index in [9.17, 15) is 4.79 Å². The lowest BCUT2D eigenvalue weighted by Crippen LogP contribution is -2.04. The van der Waals surface area contributed by atoms with Crippen molar-refractivity contribution in [3.05, 3.63) is 77.7 Å². The molecule has 164 valence electrons. The lowest BCUT2D eigenvalue weighted by Gasteiger charge is -2.04. The fourth-order valence-electron chi connectivity index (χ4n) is 3.53. The van der Waals surface area contributed by atoms with E-state index in [0.29, 0.717) is 36.0 Å². The van der Waals surface area contributed by atoms with Crippen LogP contribution in [0.15, 0.2) is 67.3 Å². The number of carbonyl (C=O) groups excluding carboxylic acids is 1. The first-order valence-corrected chi connectivity index (χ1v) is 11.3. The van der Waals surface area contributed by atoms with Gasteiger partial charge in [-0.05, 0) is 42.0 Å². The van der Waals surface area contributed by atoms with Gasteiger partial charge < -0.3 is 11.1 Å². The number of aromatic nitrogens is 5. The van der Waals surface area contributed by atoms with Gasteiger partial charge in [0.1, 0.15) is 12.1 Å². The zero-order valence-electron chi connectivity index (χ0n) is 17.9. The molecule has 0 atom stereocenters. The van der Waals surface area contributed by atoms with Gasteiger partial charge in [0, 0.05) is 34.0 Å². The maximum atomic E-state index is 12.5. The van der Waals surface area contributed by atoms with Crippen molar-refractivity contribution < 1.29 is 4.79 Å². The van der Waals surface area contributed by atoms with Crippen LogP contribution in [0.2, 0.25) is 0 Å². The fraction of sp³-hybridized carbons (Fsp3) is 0.125. The largest absolute Gasteiger partial charge is 0.383 e. The number of nitrogen functional groups attached to an aromatic ring is 1. The molecule has 4 heterocycles. The van der Waals surface area contributed by atoms with E-state index in [-0.39, 0.29) is 5.78 Å². The van der Waals surface area contributed by atoms with Crippen molar-refractivity contribution in [1.82, 2.24) is 24.7 Å². The second-order valence-electron chi connectivity index (χ2n) is 7.41.